The van der Waals surface area contributed by atoms with Crippen molar-refractivity contribution < 1.29 is 4.79 Å². The summed E-state index contributed by atoms with van der Waals surface area (Å²) in [6.45, 7) is 6.07. The van der Waals surface area contributed by atoms with E-state index in [1.807, 2.05) is 51.1 Å². The number of carbonyl (C=O) groups excluding carboxylic acids is 1. The van der Waals surface area contributed by atoms with E-state index < -0.39 is 5.92 Å². The highest BCUT2D eigenvalue weighted by Crippen LogP contribution is 2.24. The lowest BCUT2D eigenvalue weighted by Crippen LogP contribution is -2.13. The molecule has 1 atom stereocenters. The number of nitrogens with one attached hydrogen (secondary N) is 2. The van der Waals surface area contributed by atoms with Gasteiger partial charge in [0.05, 0.1) is 17.1 Å². The number of hydrogen-bond donors (Lipinski definition) is 2. The Balaban J connectivity index is 1.96. The normalized spacial score (nSPS) is 13.0. The first-order chi connectivity index (χ1) is 10.9. The minimum absolute atomic E-state index is 0.146. The largest absolute Gasteiger partial charge is 0.340 e. The summed E-state index contributed by atoms with van der Waals surface area (Å²) in [6.07, 6.45) is 0. The van der Waals surface area contributed by atoms with E-state index in [1.165, 1.54) is 0 Å². The molecule has 0 radical (unpaired) electrons. The van der Waals surface area contributed by atoms with Gasteiger partial charge in [-0.3, -0.25) is 9.89 Å². The van der Waals surface area contributed by atoms with Gasteiger partial charge in [-0.15, -0.1) is 0 Å². The maximum atomic E-state index is 12.6. The lowest BCUT2D eigenvalue weighted by atomic mass is 9.91. The summed E-state index contributed by atoms with van der Waals surface area (Å²) in [7, 11) is 0. The van der Waals surface area contributed by atoms with E-state index in [-0.39, 0.29) is 16.9 Å². The summed E-state index contributed by atoms with van der Waals surface area (Å²) < 4.78 is 0. The van der Waals surface area contributed by atoms with Gasteiger partial charge in [-0.1, -0.05) is 32.9 Å². The molecule has 0 saturated carbocycles. The highest BCUT2D eigenvalue weighted by Gasteiger charge is 2.28. The average molecular weight is 307 g/mol. The summed E-state index contributed by atoms with van der Waals surface area (Å²) >= 11 is 0. The number of fused-ring (bicyclic) bond motifs is 1. The number of benzene rings is 1. The number of imidazole rings is 1. The Morgan fingerprint density at radius 2 is 2.04 bits per heavy atom. The minimum Gasteiger partial charge on any atom is -0.340 e. The maximum Gasteiger partial charge on any atom is 0.207 e. The van der Waals surface area contributed by atoms with Gasteiger partial charge in [0.15, 0.2) is 5.92 Å². The molecule has 0 bridgehead atoms. The molecule has 116 valence electrons. The molecule has 0 aliphatic carbocycles. The Labute approximate surface area is 133 Å². The van der Waals surface area contributed by atoms with Crippen molar-refractivity contribution in [3.8, 4) is 6.07 Å². The molecular formula is C17H17N5O. The number of hydrogen-bond acceptors (Lipinski definition) is 4. The van der Waals surface area contributed by atoms with Crippen LogP contribution in [0.3, 0.4) is 0 Å². The lowest BCUT2D eigenvalue weighted by Gasteiger charge is -2.14. The number of aromatic amines is 2. The number of rotatable bonds is 3. The monoisotopic (exact) mass is 307 g/mol. The summed E-state index contributed by atoms with van der Waals surface area (Å²) in [5.41, 5.74) is 2.48. The van der Waals surface area contributed by atoms with Gasteiger partial charge in [-0.2, -0.15) is 10.4 Å². The smallest absolute Gasteiger partial charge is 0.207 e. The van der Waals surface area contributed by atoms with Crippen molar-refractivity contribution in [1.29, 1.82) is 5.26 Å². The Morgan fingerprint density at radius 1 is 1.30 bits per heavy atom. The van der Waals surface area contributed by atoms with Crippen LogP contribution in [0.4, 0.5) is 0 Å². The summed E-state index contributed by atoms with van der Waals surface area (Å²) in [4.78, 5) is 20.0. The molecule has 3 rings (SSSR count). The van der Waals surface area contributed by atoms with Crippen molar-refractivity contribution in [2.24, 2.45) is 0 Å². The fraction of sp³-hybridized carbons (Fsp3) is 0.294. The fourth-order valence-corrected chi connectivity index (χ4v) is 2.33. The van der Waals surface area contributed by atoms with E-state index >= 15 is 0 Å². The van der Waals surface area contributed by atoms with E-state index in [0.717, 1.165) is 16.7 Å². The Morgan fingerprint density at radius 3 is 2.65 bits per heavy atom. The van der Waals surface area contributed by atoms with Gasteiger partial charge in [-0.25, -0.2) is 4.98 Å². The molecule has 3 aromatic rings. The third-order valence-electron chi connectivity index (χ3n) is 3.71. The molecule has 0 spiro atoms. The van der Waals surface area contributed by atoms with Gasteiger partial charge >= 0.3 is 0 Å². The molecule has 0 aliphatic heterocycles. The van der Waals surface area contributed by atoms with E-state index in [2.05, 4.69) is 20.2 Å². The zero-order valence-electron chi connectivity index (χ0n) is 13.2. The third-order valence-corrected chi connectivity index (χ3v) is 3.71. The number of ketones is 1. The van der Waals surface area contributed by atoms with E-state index in [9.17, 15) is 10.1 Å². The second-order valence-electron chi connectivity index (χ2n) is 6.48. The number of H-pyrrole nitrogens is 2. The standard InChI is InChI=1S/C17H17N5O/c1-17(2,3)14-8-13(21-22-14)15(23)10(9-18)16-19-11-6-4-5-7-12(11)20-16/h4-8,10H,1-3H3,(H,19,20)(H,21,22). The van der Waals surface area contributed by atoms with Crippen molar-refractivity contribution >= 4 is 16.8 Å². The van der Waals surface area contributed by atoms with E-state index in [4.69, 9.17) is 0 Å². The molecule has 1 aromatic carbocycles. The molecule has 6 nitrogen and oxygen atoms in total. The first kappa shape index (κ1) is 15.0. The molecule has 0 fully saturated rings. The molecule has 23 heavy (non-hydrogen) atoms. The SMILES string of the molecule is CC(C)(C)c1cc(C(=O)C(C#N)c2nc3ccccc3[nH]2)n[nH]1. The predicted molar refractivity (Wildman–Crippen MR) is 86.1 cm³/mol. The summed E-state index contributed by atoms with van der Waals surface area (Å²) in [6, 6.07) is 11.2. The number of carbonyl (C=O) groups is 1. The lowest BCUT2D eigenvalue weighted by molar-refractivity contribution is 0.0971. The van der Waals surface area contributed by atoms with Gasteiger partial charge in [-0.05, 0) is 18.2 Å². The number of nitrogens with zero attached hydrogens (tertiary/aromatic N) is 3. The van der Waals surface area contributed by atoms with Crippen molar-refractivity contribution in [1.82, 2.24) is 20.2 Å². The van der Waals surface area contributed by atoms with Crippen LogP contribution in [0.5, 0.6) is 0 Å². The van der Waals surface area contributed by atoms with Gasteiger partial charge in [0, 0.05) is 11.1 Å². The highest BCUT2D eigenvalue weighted by molar-refractivity contribution is 6.01. The zero-order valence-corrected chi connectivity index (χ0v) is 13.2. The van der Waals surface area contributed by atoms with Crippen LogP contribution in [0.15, 0.2) is 30.3 Å². The van der Waals surface area contributed by atoms with Gasteiger partial charge in [0.2, 0.25) is 5.78 Å². The maximum absolute atomic E-state index is 12.6. The highest BCUT2D eigenvalue weighted by atomic mass is 16.1. The molecule has 2 N–H and O–H groups in total. The molecule has 0 aliphatic rings. The van der Waals surface area contributed by atoms with Crippen molar-refractivity contribution in [3.05, 3.63) is 47.5 Å². The van der Waals surface area contributed by atoms with Crippen LogP contribution in [0, 0.1) is 11.3 Å². The molecule has 1 unspecified atom stereocenters. The molecule has 0 saturated heterocycles. The minimum atomic E-state index is -1.00. The third kappa shape index (κ3) is 2.73. The molecule has 6 heteroatoms. The Bertz CT molecular complexity index is 874. The molecule has 2 aromatic heterocycles. The first-order valence-electron chi connectivity index (χ1n) is 7.34. The van der Waals surface area contributed by atoms with Crippen LogP contribution in [-0.2, 0) is 5.41 Å². The number of nitriles is 1. The van der Waals surface area contributed by atoms with Gasteiger partial charge in [0.25, 0.3) is 0 Å². The topological polar surface area (TPSA) is 98.2 Å². The quantitative estimate of drug-likeness (QED) is 0.726. The second kappa shape index (κ2) is 5.36. The van der Waals surface area contributed by atoms with Crippen LogP contribution in [0.25, 0.3) is 11.0 Å². The fourth-order valence-electron chi connectivity index (χ4n) is 2.33. The average Bonchev–Trinajstić information content (AvgIpc) is 3.14. The number of aromatic nitrogens is 4. The molecule has 2 heterocycles. The van der Waals surface area contributed by atoms with Crippen molar-refractivity contribution in [2.45, 2.75) is 32.1 Å². The van der Waals surface area contributed by atoms with Gasteiger partial charge in [0.1, 0.15) is 11.5 Å². The molecular weight excluding hydrogens is 290 g/mol. The van der Waals surface area contributed by atoms with Crippen molar-refractivity contribution in [3.63, 3.8) is 0 Å². The van der Waals surface area contributed by atoms with Crippen LogP contribution < -0.4 is 0 Å². The van der Waals surface area contributed by atoms with Crippen molar-refractivity contribution in [2.75, 3.05) is 0 Å². The molecule has 0 amide bonds. The summed E-state index contributed by atoms with van der Waals surface area (Å²) in [5.74, 6) is -1.02. The predicted octanol–water partition coefficient (Wildman–Crippen LogP) is 3.07. The van der Waals surface area contributed by atoms with Crippen LogP contribution in [0.2, 0.25) is 0 Å². The first-order valence-corrected chi connectivity index (χ1v) is 7.34. The zero-order chi connectivity index (χ0) is 16.6. The van der Waals surface area contributed by atoms with Gasteiger partial charge < -0.3 is 4.98 Å². The Kier molecular flexibility index (Phi) is 3.49. The van der Waals surface area contributed by atoms with Crippen LogP contribution >= 0.6 is 0 Å². The van der Waals surface area contributed by atoms with E-state index in [1.54, 1.807) is 6.07 Å². The summed E-state index contributed by atoms with van der Waals surface area (Å²) in [5, 5.41) is 16.4. The number of para-hydroxylation sites is 2. The number of Topliss-reactive ketones (excluding diaryl/α,β-unsaturated/α-hetero) is 1. The van der Waals surface area contributed by atoms with E-state index in [0.29, 0.717) is 5.82 Å². The van der Waals surface area contributed by atoms with Crippen LogP contribution in [-0.4, -0.2) is 25.9 Å². The Hall–Kier alpha value is -2.94. The van der Waals surface area contributed by atoms with Crippen LogP contribution in [0.1, 0.15) is 48.7 Å². The second-order valence-corrected chi connectivity index (χ2v) is 6.48.